The van der Waals surface area contributed by atoms with E-state index < -0.39 is 11.7 Å². The summed E-state index contributed by atoms with van der Waals surface area (Å²) in [5.74, 6) is 0.0782. The van der Waals surface area contributed by atoms with Gasteiger partial charge in [0.2, 0.25) is 0 Å². The third-order valence-corrected chi connectivity index (χ3v) is 4.03. The molecule has 0 aliphatic carbocycles. The van der Waals surface area contributed by atoms with Crippen LogP contribution in [0.15, 0.2) is 36.4 Å². The Hall–Kier alpha value is -2.44. The van der Waals surface area contributed by atoms with Crippen molar-refractivity contribution in [1.82, 2.24) is 0 Å². The first-order valence-electron chi connectivity index (χ1n) is 7.15. The Morgan fingerprint density at radius 2 is 1.91 bits per heavy atom. The smallest absolute Gasteiger partial charge is 0.157 e. The molecule has 0 saturated heterocycles. The molecule has 2 aromatic carbocycles. The lowest BCUT2D eigenvalue weighted by molar-refractivity contribution is -0.129. The quantitative estimate of drug-likeness (QED) is 0.645. The Kier molecular flexibility index (Phi) is 3.79. The first-order valence-corrected chi connectivity index (χ1v) is 7.15. The molecular formula is C17H18O6. The van der Waals surface area contributed by atoms with Crippen molar-refractivity contribution in [2.45, 2.75) is 18.1 Å². The number of ether oxygens (including phenoxy) is 2. The van der Waals surface area contributed by atoms with Gasteiger partial charge in [-0.15, -0.1) is 0 Å². The average Bonchev–Trinajstić information content (AvgIpc) is 2.51. The fourth-order valence-electron chi connectivity index (χ4n) is 2.96. The number of hydrogen-bond acceptors (Lipinski definition) is 6. The van der Waals surface area contributed by atoms with Gasteiger partial charge in [-0.2, -0.15) is 0 Å². The van der Waals surface area contributed by atoms with Gasteiger partial charge in [0.1, 0.15) is 29.8 Å². The molecule has 1 heterocycles. The fraction of sp³-hybridized carbons (Fsp3) is 0.294. The normalized spacial score (nSPS) is 23.1. The maximum absolute atomic E-state index is 11.0. The molecule has 6 heteroatoms. The Balaban J connectivity index is 1.94. The van der Waals surface area contributed by atoms with Gasteiger partial charge in [-0.1, -0.05) is 6.07 Å². The van der Waals surface area contributed by atoms with Gasteiger partial charge in [0, 0.05) is 25.2 Å². The van der Waals surface area contributed by atoms with Gasteiger partial charge in [0.25, 0.3) is 0 Å². The van der Waals surface area contributed by atoms with Crippen LogP contribution >= 0.6 is 0 Å². The molecular weight excluding hydrogens is 300 g/mol. The minimum absolute atomic E-state index is 0.0242. The second kappa shape index (κ2) is 5.64. The molecule has 0 saturated carbocycles. The van der Waals surface area contributed by atoms with Crippen LogP contribution in [0.1, 0.15) is 17.2 Å². The number of rotatable bonds is 3. The molecule has 0 aromatic heterocycles. The van der Waals surface area contributed by atoms with Crippen LogP contribution in [-0.2, 0) is 11.2 Å². The van der Waals surface area contributed by atoms with E-state index in [1.54, 1.807) is 12.1 Å². The zero-order valence-corrected chi connectivity index (χ0v) is 12.6. The molecule has 0 amide bonds. The second-order valence-electron chi connectivity index (χ2n) is 5.73. The van der Waals surface area contributed by atoms with E-state index in [2.05, 4.69) is 0 Å². The molecule has 2 atom stereocenters. The molecule has 0 fully saturated rings. The van der Waals surface area contributed by atoms with Crippen LogP contribution in [0.3, 0.4) is 0 Å². The zero-order valence-electron chi connectivity index (χ0n) is 12.6. The molecule has 4 N–H and O–H groups in total. The van der Waals surface area contributed by atoms with Crippen molar-refractivity contribution in [2.75, 3.05) is 13.7 Å². The van der Waals surface area contributed by atoms with Crippen LogP contribution in [0.25, 0.3) is 0 Å². The summed E-state index contributed by atoms with van der Waals surface area (Å²) in [5, 5.41) is 39.5. The highest BCUT2D eigenvalue weighted by Crippen LogP contribution is 2.43. The van der Waals surface area contributed by atoms with Gasteiger partial charge in [-0.3, -0.25) is 0 Å². The summed E-state index contributed by atoms with van der Waals surface area (Å²) in [6.07, 6.45) is -0.484. The van der Waals surface area contributed by atoms with E-state index in [0.29, 0.717) is 16.9 Å². The van der Waals surface area contributed by atoms with Gasteiger partial charge in [0.15, 0.2) is 11.5 Å². The summed E-state index contributed by atoms with van der Waals surface area (Å²) in [5.41, 5.74) is -0.0694. The largest absolute Gasteiger partial charge is 0.508 e. The van der Waals surface area contributed by atoms with Crippen LogP contribution < -0.4 is 4.74 Å². The Morgan fingerprint density at radius 3 is 2.61 bits per heavy atom. The summed E-state index contributed by atoms with van der Waals surface area (Å²) in [6, 6.07) is 9.01. The van der Waals surface area contributed by atoms with E-state index in [1.165, 1.54) is 31.4 Å². The highest BCUT2D eigenvalue weighted by Gasteiger charge is 2.44. The molecule has 0 spiro atoms. The Morgan fingerprint density at radius 1 is 1.13 bits per heavy atom. The van der Waals surface area contributed by atoms with Gasteiger partial charge in [-0.25, -0.2) is 0 Å². The highest BCUT2D eigenvalue weighted by atomic mass is 16.5. The van der Waals surface area contributed by atoms with Crippen molar-refractivity contribution in [2.24, 2.45) is 0 Å². The summed E-state index contributed by atoms with van der Waals surface area (Å²) < 4.78 is 11.1. The lowest BCUT2D eigenvalue weighted by Crippen LogP contribution is -2.48. The first kappa shape index (κ1) is 15.5. The molecule has 1 aliphatic heterocycles. The molecule has 1 unspecified atom stereocenters. The summed E-state index contributed by atoms with van der Waals surface area (Å²) in [7, 11) is 1.49. The van der Waals surface area contributed by atoms with Crippen LogP contribution in [0.4, 0.5) is 0 Å². The minimum Gasteiger partial charge on any atom is -0.508 e. The van der Waals surface area contributed by atoms with Gasteiger partial charge >= 0.3 is 0 Å². The van der Waals surface area contributed by atoms with E-state index in [-0.39, 0.29) is 30.3 Å². The predicted molar refractivity (Wildman–Crippen MR) is 81.8 cm³/mol. The molecule has 6 nitrogen and oxygen atoms in total. The van der Waals surface area contributed by atoms with E-state index in [9.17, 15) is 20.4 Å². The van der Waals surface area contributed by atoms with Gasteiger partial charge < -0.3 is 29.9 Å². The van der Waals surface area contributed by atoms with Crippen molar-refractivity contribution in [3.63, 3.8) is 0 Å². The van der Waals surface area contributed by atoms with E-state index in [4.69, 9.17) is 9.47 Å². The van der Waals surface area contributed by atoms with Crippen molar-refractivity contribution in [3.05, 3.63) is 47.5 Å². The van der Waals surface area contributed by atoms with Crippen LogP contribution in [0.2, 0.25) is 0 Å². The Bertz CT molecular complexity index is 729. The number of phenolic OH excluding ortho intramolecular Hbond substituents is 3. The number of aliphatic hydroxyl groups is 1. The van der Waals surface area contributed by atoms with Crippen molar-refractivity contribution >= 4 is 0 Å². The van der Waals surface area contributed by atoms with Crippen LogP contribution in [0, 0.1) is 0 Å². The monoisotopic (exact) mass is 318 g/mol. The molecule has 2 aromatic rings. The van der Waals surface area contributed by atoms with Crippen molar-refractivity contribution < 1.29 is 29.9 Å². The SMILES string of the molecule is COC1c2ccc(O)cc2OC[C@]1(O)Cc1ccc(O)c(O)c1. The first-order chi connectivity index (χ1) is 10.9. The zero-order chi connectivity index (χ0) is 16.6. The molecule has 23 heavy (non-hydrogen) atoms. The maximum atomic E-state index is 11.0. The average molecular weight is 318 g/mol. The number of aromatic hydroxyl groups is 3. The molecule has 3 rings (SSSR count). The third-order valence-electron chi connectivity index (χ3n) is 4.03. The summed E-state index contributed by atoms with van der Waals surface area (Å²) in [4.78, 5) is 0. The molecule has 0 radical (unpaired) electrons. The molecule has 0 bridgehead atoms. The number of benzene rings is 2. The van der Waals surface area contributed by atoms with E-state index >= 15 is 0 Å². The molecule has 1 aliphatic rings. The fourth-order valence-corrected chi connectivity index (χ4v) is 2.96. The molecule has 122 valence electrons. The topological polar surface area (TPSA) is 99.4 Å². The highest BCUT2D eigenvalue weighted by molar-refractivity contribution is 5.45. The van der Waals surface area contributed by atoms with E-state index in [0.717, 1.165) is 0 Å². The predicted octanol–water partition coefficient (Wildman–Crippen LogP) is 1.86. The lowest BCUT2D eigenvalue weighted by Gasteiger charge is -2.40. The van der Waals surface area contributed by atoms with Crippen molar-refractivity contribution in [1.29, 1.82) is 0 Å². The lowest BCUT2D eigenvalue weighted by atomic mass is 9.83. The van der Waals surface area contributed by atoms with Crippen molar-refractivity contribution in [3.8, 4) is 23.0 Å². The number of phenols is 3. The second-order valence-corrected chi connectivity index (χ2v) is 5.73. The summed E-state index contributed by atoms with van der Waals surface area (Å²) in [6.45, 7) is -0.0242. The number of methoxy groups -OCH3 is 1. The number of hydrogen-bond donors (Lipinski definition) is 4. The summed E-state index contributed by atoms with van der Waals surface area (Å²) >= 11 is 0. The van der Waals surface area contributed by atoms with Crippen LogP contribution in [0.5, 0.6) is 23.0 Å². The van der Waals surface area contributed by atoms with E-state index in [1.807, 2.05) is 0 Å². The Labute approximate surface area is 133 Å². The van der Waals surface area contributed by atoms with Gasteiger partial charge in [-0.05, 0) is 29.8 Å². The maximum Gasteiger partial charge on any atom is 0.157 e. The standard InChI is InChI=1S/C17H18O6/c1-22-16-12-4-3-11(18)7-15(12)23-9-17(16,21)8-10-2-5-13(19)14(20)6-10/h2-7,16,18-21H,8-9H2,1H3/t16?,17-/m1/s1. The van der Waals surface area contributed by atoms with Gasteiger partial charge in [0.05, 0.1) is 0 Å². The third kappa shape index (κ3) is 2.78. The number of fused-ring (bicyclic) bond motifs is 1. The minimum atomic E-state index is -1.35. The van der Waals surface area contributed by atoms with Crippen LogP contribution in [-0.4, -0.2) is 39.7 Å².